The molecule has 2 N–H and O–H groups in total. The molecule has 1 aromatic heterocycles. The number of aromatic nitrogens is 1. The summed E-state index contributed by atoms with van der Waals surface area (Å²) in [5.74, 6) is -0.322. The molecule has 0 aliphatic heterocycles. The van der Waals surface area contributed by atoms with Crippen LogP contribution in [0.4, 0.5) is 0 Å². The highest BCUT2D eigenvalue weighted by Gasteiger charge is 2.23. The number of para-hydroxylation sites is 1. The third-order valence-electron chi connectivity index (χ3n) is 4.82. The van der Waals surface area contributed by atoms with Gasteiger partial charge in [-0.3, -0.25) is 4.79 Å². The molecule has 0 bridgehead atoms. The van der Waals surface area contributed by atoms with E-state index in [1.165, 1.54) is 23.5 Å². The molecule has 8 heteroatoms. The number of hydrogen-bond donors (Lipinski definition) is 2. The van der Waals surface area contributed by atoms with E-state index in [1.54, 1.807) is 12.1 Å². The van der Waals surface area contributed by atoms with E-state index in [-0.39, 0.29) is 16.8 Å². The molecular formula is C20H21N3O3S2. The van der Waals surface area contributed by atoms with Gasteiger partial charge in [-0.25, -0.2) is 18.1 Å². The molecule has 0 spiro atoms. The number of carbonyl (C=O) groups is 1. The van der Waals surface area contributed by atoms with E-state index in [0.29, 0.717) is 12.1 Å². The second-order valence-corrected chi connectivity index (χ2v) is 9.72. The van der Waals surface area contributed by atoms with Crippen LogP contribution in [0.1, 0.15) is 41.0 Å². The predicted molar refractivity (Wildman–Crippen MR) is 110 cm³/mol. The average Bonchev–Trinajstić information content (AvgIpc) is 3.35. The number of rotatable bonds is 6. The second-order valence-electron chi connectivity index (χ2n) is 6.89. The summed E-state index contributed by atoms with van der Waals surface area (Å²) < 4.78 is 29.0. The van der Waals surface area contributed by atoms with Gasteiger partial charge in [0.2, 0.25) is 10.0 Å². The molecule has 1 aliphatic carbocycles. The van der Waals surface area contributed by atoms with Crippen LogP contribution in [-0.2, 0) is 16.6 Å². The van der Waals surface area contributed by atoms with Gasteiger partial charge in [-0.2, -0.15) is 0 Å². The van der Waals surface area contributed by atoms with Crippen molar-refractivity contribution in [3.63, 3.8) is 0 Å². The summed E-state index contributed by atoms with van der Waals surface area (Å²) in [6, 6.07) is 13.9. The lowest BCUT2D eigenvalue weighted by Crippen LogP contribution is -2.32. The Hall–Kier alpha value is -2.29. The van der Waals surface area contributed by atoms with Crippen molar-refractivity contribution < 1.29 is 13.2 Å². The lowest BCUT2D eigenvalue weighted by Gasteiger charge is -2.13. The molecule has 0 radical (unpaired) electrons. The standard InChI is InChI=1S/C20H21N3O3S2/c24-20(21-13-19-22-17-10-3-4-11-18(17)27-19)14-6-5-9-16(12-14)28(25,26)23-15-7-1-2-8-15/h3-6,9-12,15,23H,1-2,7-8,13H2,(H,21,24). The minimum atomic E-state index is -3.62. The zero-order chi connectivity index (χ0) is 19.6. The average molecular weight is 416 g/mol. The maximum absolute atomic E-state index is 12.6. The van der Waals surface area contributed by atoms with Gasteiger partial charge < -0.3 is 5.32 Å². The summed E-state index contributed by atoms with van der Waals surface area (Å²) in [6.45, 7) is 0.301. The quantitative estimate of drug-likeness (QED) is 0.645. The van der Waals surface area contributed by atoms with Crippen LogP contribution in [0.15, 0.2) is 53.4 Å². The van der Waals surface area contributed by atoms with Crippen LogP contribution in [0.3, 0.4) is 0 Å². The second kappa shape index (κ2) is 7.98. The number of benzene rings is 2. The number of thiazole rings is 1. The van der Waals surface area contributed by atoms with Crippen molar-refractivity contribution in [3.8, 4) is 0 Å². The van der Waals surface area contributed by atoms with E-state index in [1.807, 2.05) is 24.3 Å². The molecule has 0 atom stereocenters. The fourth-order valence-electron chi connectivity index (χ4n) is 3.39. The number of nitrogens with one attached hydrogen (secondary N) is 2. The molecule has 1 saturated carbocycles. The number of nitrogens with zero attached hydrogens (tertiary/aromatic N) is 1. The van der Waals surface area contributed by atoms with Crippen molar-refractivity contribution in [2.24, 2.45) is 0 Å². The van der Waals surface area contributed by atoms with Gasteiger partial charge in [0.25, 0.3) is 5.91 Å². The summed E-state index contributed by atoms with van der Waals surface area (Å²) in [7, 11) is -3.62. The van der Waals surface area contributed by atoms with Gasteiger partial charge in [-0.1, -0.05) is 31.0 Å². The van der Waals surface area contributed by atoms with Crippen LogP contribution < -0.4 is 10.0 Å². The molecule has 28 heavy (non-hydrogen) atoms. The molecule has 4 rings (SSSR count). The molecule has 0 unspecified atom stereocenters. The largest absolute Gasteiger partial charge is 0.346 e. The van der Waals surface area contributed by atoms with Crippen molar-refractivity contribution in [1.82, 2.24) is 15.0 Å². The van der Waals surface area contributed by atoms with Gasteiger partial charge in [0.15, 0.2) is 0 Å². The summed E-state index contributed by atoms with van der Waals surface area (Å²) in [4.78, 5) is 17.1. The van der Waals surface area contributed by atoms with Gasteiger partial charge in [-0.15, -0.1) is 11.3 Å². The molecule has 2 aromatic carbocycles. The van der Waals surface area contributed by atoms with Crippen LogP contribution in [0.2, 0.25) is 0 Å². The minimum absolute atomic E-state index is 0.0125. The van der Waals surface area contributed by atoms with E-state index < -0.39 is 10.0 Å². The van der Waals surface area contributed by atoms with E-state index in [9.17, 15) is 13.2 Å². The highest BCUT2D eigenvalue weighted by Crippen LogP contribution is 2.22. The Kier molecular flexibility index (Phi) is 5.43. The van der Waals surface area contributed by atoms with E-state index >= 15 is 0 Å². The first-order valence-electron chi connectivity index (χ1n) is 9.26. The van der Waals surface area contributed by atoms with Gasteiger partial charge >= 0.3 is 0 Å². The summed E-state index contributed by atoms with van der Waals surface area (Å²) >= 11 is 1.53. The number of amides is 1. The Morgan fingerprint density at radius 1 is 1.11 bits per heavy atom. The van der Waals surface area contributed by atoms with Crippen molar-refractivity contribution in [3.05, 3.63) is 59.1 Å². The van der Waals surface area contributed by atoms with Gasteiger partial charge in [-0.05, 0) is 43.2 Å². The molecule has 6 nitrogen and oxygen atoms in total. The normalized spacial score (nSPS) is 15.1. The lowest BCUT2D eigenvalue weighted by molar-refractivity contribution is 0.0950. The Balaban J connectivity index is 1.44. The summed E-state index contributed by atoms with van der Waals surface area (Å²) in [5, 5.41) is 3.63. The topological polar surface area (TPSA) is 88.2 Å². The van der Waals surface area contributed by atoms with Crippen molar-refractivity contribution >= 4 is 37.5 Å². The fraction of sp³-hybridized carbons (Fsp3) is 0.300. The van der Waals surface area contributed by atoms with Crippen LogP contribution >= 0.6 is 11.3 Å². The Morgan fingerprint density at radius 3 is 2.68 bits per heavy atom. The predicted octanol–water partition coefficient (Wildman–Crippen LogP) is 3.45. The monoisotopic (exact) mass is 415 g/mol. The van der Waals surface area contributed by atoms with Crippen molar-refractivity contribution in [1.29, 1.82) is 0 Å². The highest BCUT2D eigenvalue weighted by atomic mass is 32.2. The van der Waals surface area contributed by atoms with Gasteiger partial charge in [0.05, 0.1) is 21.7 Å². The molecule has 1 aliphatic rings. The zero-order valence-electron chi connectivity index (χ0n) is 15.2. The molecule has 146 valence electrons. The van der Waals surface area contributed by atoms with E-state index in [0.717, 1.165) is 40.9 Å². The highest BCUT2D eigenvalue weighted by molar-refractivity contribution is 7.89. The summed E-state index contributed by atoms with van der Waals surface area (Å²) in [5.41, 5.74) is 1.22. The molecule has 1 fully saturated rings. The molecule has 0 saturated heterocycles. The molecular weight excluding hydrogens is 394 g/mol. The zero-order valence-corrected chi connectivity index (χ0v) is 16.9. The third kappa shape index (κ3) is 4.24. The number of fused-ring (bicyclic) bond motifs is 1. The fourth-order valence-corrected chi connectivity index (χ4v) is 5.65. The maximum Gasteiger partial charge on any atom is 0.251 e. The maximum atomic E-state index is 12.6. The lowest BCUT2D eigenvalue weighted by atomic mass is 10.2. The number of hydrogen-bond acceptors (Lipinski definition) is 5. The SMILES string of the molecule is O=C(NCc1nc2ccccc2s1)c1cccc(S(=O)(=O)NC2CCCC2)c1. The first-order valence-corrected chi connectivity index (χ1v) is 11.6. The Labute approximate surface area is 168 Å². The van der Waals surface area contributed by atoms with E-state index in [4.69, 9.17) is 0 Å². The van der Waals surface area contributed by atoms with E-state index in [2.05, 4.69) is 15.0 Å². The number of sulfonamides is 1. The third-order valence-corrected chi connectivity index (χ3v) is 7.38. The minimum Gasteiger partial charge on any atom is -0.346 e. The first-order chi connectivity index (χ1) is 13.5. The van der Waals surface area contributed by atoms with Gasteiger partial charge in [0, 0.05) is 11.6 Å². The molecule has 1 heterocycles. The molecule has 3 aromatic rings. The molecule has 1 amide bonds. The Morgan fingerprint density at radius 2 is 1.89 bits per heavy atom. The van der Waals surface area contributed by atoms with Crippen molar-refractivity contribution in [2.45, 2.75) is 43.2 Å². The smallest absolute Gasteiger partial charge is 0.251 e. The number of carbonyl (C=O) groups excluding carboxylic acids is 1. The summed E-state index contributed by atoms with van der Waals surface area (Å²) in [6.07, 6.45) is 3.81. The van der Waals surface area contributed by atoms with Gasteiger partial charge in [0.1, 0.15) is 5.01 Å². The van der Waals surface area contributed by atoms with Crippen molar-refractivity contribution in [2.75, 3.05) is 0 Å². The van der Waals surface area contributed by atoms with Crippen LogP contribution in [0.25, 0.3) is 10.2 Å². The Bertz CT molecular complexity index is 1070. The van der Waals surface area contributed by atoms with Crippen LogP contribution in [0, 0.1) is 0 Å². The van der Waals surface area contributed by atoms with Crippen LogP contribution in [-0.4, -0.2) is 25.4 Å². The van der Waals surface area contributed by atoms with Crippen LogP contribution in [0.5, 0.6) is 0 Å². The first kappa shape index (κ1) is 19.0.